The third-order valence-electron chi connectivity index (χ3n) is 4.91. The van der Waals surface area contributed by atoms with Crippen molar-refractivity contribution in [3.63, 3.8) is 0 Å². The molecule has 0 aliphatic carbocycles. The summed E-state index contributed by atoms with van der Waals surface area (Å²) in [6.07, 6.45) is 2.56. The number of hydrogen-bond acceptors (Lipinski definition) is 7. The van der Waals surface area contributed by atoms with E-state index in [1.54, 1.807) is 6.20 Å². The molecule has 1 aliphatic rings. The average molecular weight is 382 g/mol. The first-order valence-electron chi connectivity index (χ1n) is 8.52. The molecule has 0 bridgehead atoms. The molecule has 1 atom stereocenters. The molecule has 1 aliphatic heterocycles. The Hall–Kier alpha value is -3.04. The quantitative estimate of drug-likeness (QED) is 0.464. The van der Waals surface area contributed by atoms with Crippen LogP contribution in [0.3, 0.4) is 0 Å². The van der Waals surface area contributed by atoms with Crippen molar-refractivity contribution in [2.45, 2.75) is 12.3 Å². The van der Waals surface area contributed by atoms with E-state index in [9.17, 15) is 0 Å². The van der Waals surface area contributed by atoms with Gasteiger partial charge in [-0.2, -0.15) is 4.98 Å². The molecular formula is C17H12ClN7O2. The van der Waals surface area contributed by atoms with Crippen LogP contribution in [-0.4, -0.2) is 47.3 Å². The van der Waals surface area contributed by atoms with Crippen LogP contribution in [0.25, 0.3) is 33.9 Å². The van der Waals surface area contributed by atoms with E-state index in [1.807, 2.05) is 33.1 Å². The lowest BCUT2D eigenvalue weighted by atomic mass is 10.1. The minimum atomic E-state index is 0.145. The van der Waals surface area contributed by atoms with Crippen molar-refractivity contribution in [2.75, 3.05) is 13.2 Å². The van der Waals surface area contributed by atoms with Crippen LogP contribution in [0.5, 0.6) is 0 Å². The van der Waals surface area contributed by atoms with Crippen molar-refractivity contribution < 1.29 is 9.26 Å². The van der Waals surface area contributed by atoms with Crippen LogP contribution in [0, 0.1) is 0 Å². The zero-order valence-corrected chi connectivity index (χ0v) is 14.7. The van der Waals surface area contributed by atoms with E-state index in [2.05, 4.69) is 25.3 Å². The number of fused-ring (bicyclic) bond motifs is 6. The monoisotopic (exact) mass is 381 g/mol. The molecule has 9 nitrogen and oxygen atoms in total. The third-order valence-corrected chi connectivity index (χ3v) is 5.17. The summed E-state index contributed by atoms with van der Waals surface area (Å²) >= 11 is 6.34. The molecule has 27 heavy (non-hydrogen) atoms. The average Bonchev–Trinajstić information content (AvgIpc) is 3.46. The Morgan fingerprint density at radius 3 is 2.96 bits per heavy atom. The highest BCUT2D eigenvalue weighted by Gasteiger charge is 2.26. The van der Waals surface area contributed by atoms with Gasteiger partial charge in [0.2, 0.25) is 11.1 Å². The van der Waals surface area contributed by atoms with Gasteiger partial charge in [0.15, 0.2) is 11.5 Å². The maximum atomic E-state index is 6.34. The van der Waals surface area contributed by atoms with E-state index in [0.29, 0.717) is 41.7 Å². The van der Waals surface area contributed by atoms with Crippen LogP contribution in [-0.2, 0) is 4.74 Å². The number of para-hydroxylation sites is 1. The van der Waals surface area contributed by atoms with Gasteiger partial charge in [-0.25, -0.2) is 4.98 Å². The smallest absolute Gasteiger partial charge is 0.296 e. The van der Waals surface area contributed by atoms with Gasteiger partial charge < -0.3 is 9.26 Å². The number of halogens is 1. The molecule has 5 heterocycles. The number of rotatable bonds is 2. The molecule has 4 aromatic heterocycles. The summed E-state index contributed by atoms with van der Waals surface area (Å²) in [5, 5.41) is 14.0. The standard InChI is InChI=1S/C17H12ClN7O2/c18-17-19-7-12-24(17)11-4-2-1-3-10(11)14-21-22-15(25(12)14)16-20-13(23-27-16)9-5-6-26-8-9/h1-4,7,9H,5-6,8H2. The van der Waals surface area contributed by atoms with E-state index in [-0.39, 0.29) is 5.92 Å². The van der Waals surface area contributed by atoms with Crippen molar-refractivity contribution in [3.05, 3.63) is 41.6 Å². The minimum Gasteiger partial charge on any atom is -0.381 e. The number of benzene rings is 1. The Morgan fingerprint density at radius 1 is 1.15 bits per heavy atom. The van der Waals surface area contributed by atoms with Crippen LogP contribution in [0.4, 0.5) is 0 Å². The molecule has 134 valence electrons. The SMILES string of the molecule is Clc1ncc2n1c1ccccc1c1nnc(-c3nc(C4CCOC4)no3)n12. The first-order valence-corrected chi connectivity index (χ1v) is 8.89. The molecule has 5 aromatic rings. The molecule has 0 N–H and O–H groups in total. The molecule has 1 saturated heterocycles. The number of aromatic nitrogens is 7. The molecule has 0 spiro atoms. The van der Waals surface area contributed by atoms with Crippen molar-refractivity contribution >= 4 is 33.8 Å². The number of nitrogens with zero attached hydrogens (tertiary/aromatic N) is 7. The zero-order valence-electron chi connectivity index (χ0n) is 13.9. The second kappa shape index (κ2) is 5.48. The summed E-state index contributed by atoms with van der Waals surface area (Å²) in [7, 11) is 0. The van der Waals surface area contributed by atoms with Gasteiger partial charge in [0.25, 0.3) is 5.89 Å². The molecule has 0 amide bonds. The summed E-state index contributed by atoms with van der Waals surface area (Å²) in [5.41, 5.74) is 2.29. The Kier molecular flexibility index (Phi) is 3.06. The molecular weight excluding hydrogens is 370 g/mol. The molecule has 1 fully saturated rings. The lowest BCUT2D eigenvalue weighted by Crippen LogP contribution is -2.01. The van der Waals surface area contributed by atoms with Gasteiger partial charge in [-0.05, 0) is 30.2 Å². The third kappa shape index (κ3) is 2.06. The molecule has 0 saturated carbocycles. The highest BCUT2D eigenvalue weighted by atomic mass is 35.5. The predicted molar refractivity (Wildman–Crippen MR) is 95.7 cm³/mol. The van der Waals surface area contributed by atoms with Gasteiger partial charge in [0, 0.05) is 17.9 Å². The van der Waals surface area contributed by atoms with Gasteiger partial charge in [0.05, 0.1) is 18.3 Å². The van der Waals surface area contributed by atoms with Crippen LogP contribution < -0.4 is 0 Å². The molecule has 10 heteroatoms. The highest BCUT2D eigenvalue weighted by Crippen LogP contribution is 2.29. The van der Waals surface area contributed by atoms with Crippen molar-refractivity contribution in [1.29, 1.82) is 0 Å². The predicted octanol–water partition coefficient (Wildman–Crippen LogP) is 2.74. The molecule has 6 rings (SSSR count). The van der Waals surface area contributed by atoms with Crippen molar-refractivity contribution in [1.82, 2.24) is 34.1 Å². The van der Waals surface area contributed by atoms with Gasteiger partial charge >= 0.3 is 0 Å². The summed E-state index contributed by atoms with van der Waals surface area (Å²) < 4.78 is 14.6. The van der Waals surface area contributed by atoms with Gasteiger partial charge in [-0.1, -0.05) is 17.3 Å². The van der Waals surface area contributed by atoms with E-state index in [0.717, 1.165) is 23.0 Å². The van der Waals surface area contributed by atoms with Crippen molar-refractivity contribution in [2.24, 2.45) is 0 Å². The van der Waals surface area contributed by atoms with Crippen LogP contribution in [0.1, 0.15) is 18.2 Å². The van der Waals surface area contributed by atoms with E-state index in [4.69, 9.17) is 20.9 Å². The normalized spacial score (nSPS) is 17.6. The Morgan fingerprint density at radius 2 is 2.07 bits per heavy atom. The molecule has 0 radical (unpaired) electrons. The first kappa shape index (κ1) is 15.1. The fourth-order valence-corrected chi connectivity index (χ4v) is 3.83. The number of ether oxygens (including phenoxy) is 1. The fraction of sp³-hybridized carbons (Fsp3) is 0.235. The van der Waals surface area contributed by atoms with E-state index >= 15 is 0 Å². The molecule has 1 unspecified atom stereocenters. The van der Waals surface area contributed by atoms with Gasteiger partial charge in [-0.15, -0.1) is 10.2 Å². The van der Waals surface area contributed by atoms with Gasteiger partial charge in [0.1, 0.15) is 5.65 Å². The maximum Gasteiger partial charge on any atom is 0.296 e. The highest BCUT2D eigenvalue weighted by molar-refractivity contribution is 6.29. The summed E-state index contributed by atoms with van der Waals surface area (Å²) in [4.78, 5) is 8.78. The lowest BCUT2D eigenvalue weighted by Gasteiger charge is -2.06. The summed E-state index contributed by atoms with van der Waals surface area (Å²) in [5.74, 6) is 1.53. The van der Waals surface area contributed by atoms with E-state index < -0.39 is 0 Å². The first-order chi connectivity index (χ1) is 13.3. The maximum absolute atomic E-state index is 6.34. The summed E-state index contributed by atoms with van der Waals surface area (Å²) in [6.45, 7) is 1.32. The Bertz CT molecular complexity index is 1320. The van der Waals surface area contributed by atoms with Crippen molar-refractivity contribution in [3.8, 4) is 11.7 Å². The van der Waals surface area contributed by atoms with Crippen LogP contribution in [0.2, 0.25) is 5.28 Å². The van der Waals surface area contributed by atoms with Crippen LogP contribution >= 0.6 is 11.6 Å². The molecule has 1 aromatic carbocycles. The second-order valence-electron chi connectivity index (χ2n) is 6.44. The Labute approximate surface area is 156 Å². The van der Waals surface area contributed by atoms with Crippen LogP contribution in [0.15, 0.2) is 35.0 Å². The topological polar surface area (TPSA) is 95.6 Å². The fourth-order valence-electron chi connectivity index (χ4n) is 3.60. The second-order valence-corrected chi connectivity index (χ2v) is 6.78. The largest absolute Gasteiger partial charge is 0.381 e. The zero-order chi connectivity index (χ0) is 18.0. The number of imidazole rings is 1. The lowest BCUT2D eigenvalue weighted by molar-refractivity contribution is 0.192. The Balaban J connectivity index is 1.65. The number of hydrogen-bond donors (Lipinski definition) is 0. The minimum absolute atomic E-state index is 0.145. The summed E-state index contributed by atoms with van der Waals surface area (Å²) in [6, 6.07) is 7.82. The van der Waals surface area contributed by atoms with Gasteiger partial charge in [-0.3, -0.25) is 8.80 Å². The van der Waals surface area contributed by atoms with E-state index in [1.165, 1.54) is 0 Å².